The molecular weight excluding hydrogens is 324 g/mol. The van der Waals surface area contributed by atoms with Crippen LogP contribution in [-0.2, 0) is 9.59 Å². The Labute approximate surface area is 162 Å². The van der Waals surface area contributed by atoms with Crippen LogP contribution in [-0.4, -0.2) is 30.8 Å². The van der Waals surface area contributed by atoms with Crippen molar-refractivity contribution in [2.75, 3.05) is 7.05 Å². The summed E-state index contributed by atoms with van der Waals surface area (Å²) in [6, 6.07) is 1.03. The predicted octanol–water partition coefficient (Wildman–Crippen LogP) is 4.86. The van der Waals surface area contributed by atoms with E-state index < -0.39 is 0 Å². The number of Topliss-reactive ketones (excluding diaryl/α,β-unsaturated/α-hetero) is 1. The molecule has 2 fully saturated rings. The summed E-state index contributed by atoms with van der Waals surface area (Å²) >= 11 is 0. The van der Waals surface area contributed by atoms with Crippen molar-refractivity contribution in [3.63, 3.8) is 0 Å². The molecule has 2 N–H and O–H groups in total. The Balaban J connectivity index is 0.00000146. The lowest BCUT2D eigenvalue weighted by atomic mass is 9.75. The van der Waals surface area contributed by atoms with Gasteiger partial charge in [-0.25, -0.2) is 0 Å². The van der Waals surface area contributed by atoms with Crippen molar-refractivity contribution in [3.8, 4) is 0 Å². The monoisotopic (exact) mass is 368 g/mol. The Morgan fingerprint density at radius 2 is 1.19 bits per heavy atom. The molecule has 26 heavy (non-hydrogen) atoms. The first kappa shape index (κ1) is 25.1. The van der Waals surface area contributed by atoms with Crippen molar-refractivity contribution in [2.24, 2.45) is 11.8 Å². The molecule has 0 aromatic carbocycles. The Morgan fingerprint density at radius 1 is 0.769 bits per heavy atom. The Bertz CT molecular complexity index is 368. The number of hydrogen-bond donors (Lipinski definition) is 2. The van der Waals surface area contributed by atoms with Crippen molar-refractivity contribution in [2.45, 2.75) is 111 Å². The fourth-order valence-corrected chi connectivity index (χ4v) is 4.21. The topological polar surface area (TPSA) is 58.2 Å². The van der Waals surface area contributed by atoms with E-state index in [-0.39, 0.29) is 18.1 Å². The molecule has 0 unspecified atom stereocenters. The first-order valence-electron chi connectivity index (χ1n) is 11.0. The molecule has 0 aromatic rings. The molecule has 4 nitrogen and oxygen atoms in total. The Kier molecular flexibility index (Phi) is 14.7. The molecule has 2 rings (SSSR count). The van der Waals surface area contributed by atoms with Crippen LogP contribution >= 0.6 is 0 Å². The van der Waals surface area contributed by atoms with Crippen LogP contribution in [0.4, 0.5) is 0 Å². The number of carbonyl (C=O) groups excluding carboxylic acids is 2. The van der Waals surface area contributed by atoms with Gasteiger partial charge in [0.25, 0.3) is 0 Å². The highest BCUT2D eigenvalue weighted by molar-refractivity contribution is 5.96. The third-order valence-corrected chi connectivity index (χ3v) is 5.54. The highest BCUT2D eigenvalue weighted by Gasteiger charge is 2.27. The van der Waals surface area contributed by atoms with Crippen LogP contribution in [0.15, 0.2) is 0 Å². The molecule has 2 aliphatic carbocycles. The summed E-state index contributed by atoms with van der Waals surface area (Å²) in [5.41, 5.74) is 0. The standard InChI is InChI=1S/C18H32N2O2.2C2H6/c1-13(21)11-18(22)20-17-9-5-15(6-10-17)12-14-3-7-16(19-2)8-4-14;2*1-2/h14-17,19H,3-12H2,1-2H3,(H,20,22);2*1-2H3. The number of ketones is 1. The van der Waals surface area contributed by atoms with Gasteiger partial charge in [0.1, 0.15) is 5.78 Å². The summed E-state index contributed by atoms with van der Waals surface area (Å²) in [5.74, 6) is 1.61. The largest absolute Gasteiger partial charge is 0.353 e. The van der Waals surface area contributed by atoms with E-state index in [1.165, 1.54) is 51.9 Å². The first-order valence-corrected chi connectivity index (χ1v) is 11.0. The molecule has 154 valence electrons. The van der Waals surface area contributed by atoms with Crippen molar-refractivity contribution in [1.29, 1.82) is 0 Å². The van der Waals surface area contributed by atoms with Gasteiger partial charge in [-0.3, -0.25) is 9.59 Å². The summed E-state index contributed by atoms with van der Waals surface area (Å²) in [6.07, 6.45) is 11.5. The van der Waals surface area contributed by atoms with Gasteiger partial charge >= 0.3 is 0 Å². The molecule has 0 radical (unpaired) electrons. The van der Waals surface area contributed by atoms with Crippen molar-refractivity contribution < 1.29 is 9.59 Å². The van der Waals surface area contributed by atoms with Crippen molar-refractivity contribution >= 4 is 11.7 Å². The van der Waals surface area contributed by atoms with Gasteiger partial charge in [0.15, 0.2) is 0 Å². The van der Waals surface area contributed by atoms with Crippen LogP contribution in [0.2, 0.25) is 0 Å². The summed E-state index contributed by atoms with van der Waals surface area (Å²) in [5, 5.41) is 6.42. The smallest absolute Gasteiger partial charge is 0.227 e. The molecule has 2 aliphatic rings. The van der Waals surface area contributed by atoms with E-state index in [4.69, 9.17) is 0 Å². The minimum atomic E-state index is -0.0960. The number of rotatable bonds is 6. The van der Waals surface area contributed by atoms with Gasteiger partial charge in [-0.15, -0.1) is 0 Å². The SMILES string of the molecule is CC.CC.CNC1CCC(CC2CCC(NC(=O)CC(C)=O)CC2)CC1. The van der Waals surface area contributed by atoms with Crippen molar-refractivity contribution in [1.82, 2.24) is 10.6 Å². The van der Waals surface area contributed by atoms with E-state index in [1.54, 1.807) is 0 Å². The fraction of sp³-hybridized carbons (Fsp3) is 0.909. The molecule has 0 aliphatic heterocycles. The van der Waals surface area contributed by atoms with Gasteiger partial charge in [0.05, 0.1) is 6.42 Å². The summed E-state index contributed by atoms with van der Waals surface area (Å²) in [4.78, 5) is 22.6. The molecule has 0 atom stereocenters. The van der Waals surface area contributed by atoms with Crippen LogP contribution in [0.1, 0.15) is 98.8 Å². The molecule has 0 aromatic heterocycles. The predicted molar refractivity (Wildman–Crippen MR) is 111 cm³/mol. The molecule has 1 amide bonds. The molecule has 0 saturated heterocycles. The number of nitrogens with one attached hydrogen (secondary N) is 2. The lowest BCUT2D eigenvalue weighted by Gasteiger charge is -2.34. The second kappa shape index (κ2) is 15.2. The zero-order valence-electron chi connectivity index (χ0n) is 18.2. The van der Waals surface area contributed by atoms with Crippen LogP contribution < -0.4 is 10.6 Å². The van der Waals surface area contributed by atoms with E-state index in [0.29, 0.717) is 6.04 Å². The first-order chi connectivity index (χ1) is 12.6. The van der Waals surface area contributed by atoms with Gasteiger partial charge in [-0.05, 0) is 83.6 Å². The zero-order valence-corrected chi connectivity index (χ0v) is 18.2. The van der Waals surface area contributed by atoms with E-state index in [9.17, 15) is 9.59 Å². The normalized spacial score (nSPS) is 27.9. The van der Waals surface area contributed by atoms with E-state index in [2.05, 4.69) is 17.7 Å². The summed E-state index contributed by atoms with van der Waals surface area (Å²) in [6.45, 7) is 9.47. The average molecular weight is 369 g/mol. The highest BCUT2D eigenvalue weighted by Crippen LogP contribution is 2.35. The minimum absolute atomic E-state index is 0.0363. The molecule has 0 bridgehead atoms. The van der Waals surface area contributed by atoms with E-state index in [0.717, 1.165) is 30.7 Å². The number of carbonyl (C=O) groups is 2. The quantitative estimate of drug-likeness (QED) is 0.658. The fourth-order valence-electron chi connectivity index (χ4n) is 4.21. The van der Waals surface area contributed by atoms with Gasteiger partial charge < -0.3 is 10.6 Å². The lowest BCUT2D eigenvalue weighted by molar-refractivity contribution is -0.127. The molecule has 0 heterocycles. The average Bonchev–Trinajstić information content (AvgIpc) is 2.66. The molecule has 4 heteroatoms. The molecule has 0 spiro atoms. The van der Waals surface area contributed by atoms with Crippen LogP contribution in [0.25, 0.3) is 0 Å². The van der Waals surface area contributed by atoms with Crippen molar-refractivity contribution in [3.05, 3.63) is 0 Å². The summed E-state index contributed by atoms with van der Waals surface area (Å²) in [7, 11) is 2.08. The van der Waals surface area contributed by atoms with Gasteiger partial charge in [-0.1, -0.05) is 27.7 Å². The third-order valence-electron chi connectivity index (χ3n) is 5.54. The Morgan fingerprint density at radius 3 is 1.58 bits per heavy atom. The zero-order chi connectivity index (χ0) is 19.9. The highest BCUT2D eigenvalue weighted by atomic mass is 16.2. The second-order valence-electron chi connectivity index (χ2n) is 7.41. The van der Waals surface area contributed by atoms with Gasteiger partial charge in [0.2, 0.25) is 5.91 Å². The summed E-state index contributed by atoms with van der Waals surface area (Å²) < 4.78 is 0. The number of hydrogen-bond acceptors (Lipinski definition) is 3. The molecule has 2 saturated carbocycles. The maximum absolute atomic E-state index is 11.6. The Hall–Kier alpha value is -0.900. The number of amides is 1. The van der Waals surface area contributed by atoms with Crippen LogP contribution in [0, 0.1) is 11.8 Å². The van der Waals surface area contributed by atoms with E-state index >= 15 is 0 Å². The maximum Gasteiger partial charge on any atom is 0.227 e. The maximum atomic E-state index is 11.6. The van der Waals surface area contributed by atoms with Gasteiger partial charge in [-0.2, -0.15) is 0 Å². The lowest BCUT2D eigenvalue weighted by Crippen LogP contribution is -2.38. The molecular formula is C22H44N2O2. The van der Waals surface area contributed by atoms with Crippen LogP contribution in [0.3, 0.4) is 0 Å². The second-order valence-corrected chi connectivity index (χ2v) is 7.41. The third kappa shape index (κ3) is 10.3. The van der Waals surface area contributed by atoms with Crippen LogP contribution in [0.5, 0.6) is 0 Å². The minimum Gasteiger partial charge on any atom is -0.353 e. The van der Waals surface area contributed by atoms with Gasteiger partial charge in [0, 0.05) is 12.1 Å². The van der Waals surface area contributed by atoms with E-state index in [1.807, 2.05) is 27.7 Å².